The SMILES string of the molecule is O=C(Nc1nc2c(s1)CCCC2)c1cc2ccccc2o1. The summed E-state index contributed by atoms with van der Waals surface area (Å²) in [5.41, 5.74) is 1.87. The number of fused-ring (bicyclic) bond motifs is 2. The van der Waals surface area contributed by atoms with Gasteiger partial charge in [-0.1, -0.05) is 18.2 Å². The molecule has 2 heterocycles. The zero-order valence-electron chi connectivity index (χ0n) is 11.4. The standard InChI is InChI=1S/C16H14N2O2S/c19-15(13-9-10-5-1-3-7-12(10)20-13)18-16-17-11-6-2-4-8-14(11)21-16/h1,3,5,7,9H,2,4,6,8H2,(H,17,18,19). The van der Waals surface area contributed by atoms with Crippen molar-refractivity contribution in [2.45, 2.75) is 25.7 Å². The molecule has 0 aliphatic heterocycles. The first-order valence-electron chi connectivity index (χ1n) is 7.08. The van der Waals surface area contributed by atoms with Crippen LogP contribution >= 0.6 is 11.3 Å². The number of nitrogens with zero attached hydrogens (tertiary/aromatic N) is 1. The number of para-hydroxylation sites is 1. The lowest BCUT2D eigenvalue weighted by molar-refractivity contribution is 0.0998. The summed E-state index contributed by atoms with van der Waals surface area (Å²) >= 11 is 1.58. The van der Waals surface area contributed by atoms with Crippen molar-refractivity contribution in [3.05, 3.63) is 46.7 Å². The van der Waals surface area contributed by atoms with Crippen molar-refractivity contribution in [2.24, 2.45) is 0 Å². The Morgan fingerprint density at radius 1 is 1.24 bits per heavy atom. The molecule has 1 aliphatic rings. The second-order valence-corrected chi connectivity index (χ2v) is 6.28. The van der Waals surface area contributed by atoms with Gasteiger partial charge in [0, 0.05) is 10.3 Å². The zero-order valence-corrected chi connectivity index (χ0v) is 12.2. The van der Waals surface area contributed by atoms with E-state index in [0.717, 1.165) is 29.5 Å². The van der Waals surface area contributed by atoms with Crippen LogP contribution in [0.15, 0.2) is 34.7 Å². The minimum absolute atomic E-state index is 0.239. The molecule has 4 rings (SSSR count). The largest absolute Gasteiger partial charge is 0.451 e. The Morgan fingerprint density at radius 2 is 2.10 bits per heavy atom. The molecule has 0 bridgehead atoms. The summed E-state index contributed by atoms with van der Waals surface area (Å²) in [4.78, 5) is 18.1. The summed E-state index contributed by atoms with van der Waals surface area (Å²) in [5, 5.41) is 4.46. The number of furan rings is 1. The van der Waals surface area contributed by atoms with Gasteiger partial charge in [0.2, 0.25) is 0 Å². The number of aromatic nitrogens is 1. The predicted molar refractivity (Wildman–Crippen MR) is 82.9 cm³/mol. The van der Waals surface area contributed by atoms with Gasteiger partial charge in [-0.2, -0.15) is 0 Å². The molecule has 4 nitrogen and oxygen atoms in total. The highest BCUT2D eigenvalue weighted by Gasteiger charge is 2.18. The van der Waals surface area contributed by atoms with Gasteiger partial charge in [0.1, 0.15) is 5.58 Å². The van der Waals surface area contributed by atoms with Gasteiger partial charge in [-0.3, -0.25) is 10.1 Å². The first-order valence-corrected chi connectivity index (χ1v) is 7.90. The fourth-order valence-electron chi connectivity index (χ4n) is 2.66. The minimum atomic E-state index is -0.239. The Labute approximate surface area is 125 Å². The number of anilines is 1. The number of aryl methyl sites for hydroxylation is 2. The van der Waals surface area contributed by atoms with E-state index in [1.54, 1.807) is 17.4 Å². The van der Waals surface area contributed by atoms with Crippen LogP contribution in [0.3, 0.4) is 0 Å². The smallest absolute Gasteiger partial charge is 0.293 e. The summed E-state index contributed by atoms with van der Waals surface area (Å²) in [5.74, 6) is 0.0849. The molecule has 21 heavy (non-hydrogen) atoms. The van der Waals surface area contributed by atoms with E-state index in [2.05, 4.69) is 10.3 Å². The molecule has 0 spiro atoms. The number of amides is 1. The molecular formula is C16H14N2O2S. The highest BCUT2D eigenvalue weighted by Crippen LogP contribution is 2.30. The predicted octanol–water partition coefficient (Wildman–Crippen LogP) is 4.02. The lowest BCUT2D eigenvalue weighted by atomic mass is 10.0. The fourth-order valence-corrected chi connectivity index (χ4v) is 3.70. The van der Waals surface area contributed by atoms with Crippen LogP contribution in [0.4, 0.5) is 5.13 Å². The normalized spacial score (nSPS) is 14.1. The molecule has 0 saturated carbocycles. The van der Waals surface area contributed by atoms with Crippen molar-refractivity contribution in [2.75, 3.05) is 5.32 Å². The Bertz CT molecular complexity index is 762. The molecule has 106 valence electrons. The molecule has 5 heteroatoms. The Morgan fingerprint density at radius 3 is 2.95 bits per heavy atom. The first-order chi connectivity index (χ1) is 10.3. The van der Waals surface area contributed by atoms with E-state index in [4.69, 9.17) is 4.42 Å². The van der Waals surface area contributed by atoms with Gasteiger partial charge in [0.05, 0.1) is 5.69 Å². The molecule has 1 N–H and O–H groups in total. The van der Waals surface area contributed by atoms with E-state index < -0.39 is 0 Å². The van der Waals surface area contributed by atoms with Crippen molar-refractivity contribution in [1.82, 2.24) is 4.98 Å². The van der Waals surface area contributed by atoms with Crippen molar-refractivity contribution in [1.29, 1.82) is 0 Å². The van der Waals surface area contributed by atoms with E-state index >= 15 is 0 Å². The number of hydrogen-bond acceptors (Lipinski definition) is 4. The van der Waals surface area contributed by atoms with E-state index in [9.17, 15) is 4.79 Å². The van der Waals surface area contributed by atoms with Crippen molar-refractivity contribution in [3.63, 3.8) is 0 Å². The molecule has 0 atom stereocenters. The van der Waals surface area contributed by atoms with Gasteiger partial charge in [-0.15, -0.1) is 11.3 Å². The van der Waals surface area contributed by atoms with Gasteiger partial charge >= 0.3 is 0 Å². The van der Waals surface area contributed by atoms with Gasteiger partial charge < -0.3 is 4.42 Å². The highest BCUT2D eigenvalue weighted by molar-refractivity contribution is 7.15. The summed E-state index contributed by atoms with van der Waals surface area (Å²) in [7, 11) is 0. The summed E-state index contributed by atoms with van der Waals surface area (Å²) in [6.07, 6.45) is 4.50. The summed E-state index contributed by atoms with van der Waals surface area (Å²) in [6.45, 7) is 0. The van der Waals surface area contributed by atoms with Crippen molar-refractivity contribution >= 4 is 33.3 Å². The minimum Gasteiger partial charge on any atom is -0.451 e. The van der Waals surface area contributed by atoms with Crippen LogP contribution < -0.4 is 5.32 Å². The Balaban J connectivity index is 1.58. The van der Waals surface area contributed by atoms with Crippen molar-refractivity contribution in [3.8, 4) is 0 Å². The molecule has 1 aromatic carbocycles. The van der Waals surface area contributed by atoms with Gasteiger partial charge in [0.25, 0.3) is 5.91 Å². The number of rotatable bonds is 2. The van der Waals surface area contributed by atoms with E-state index in [1.165, 1.54) is 17.7 Å². The monoisotopic (exact) mass is 298 g/mol. The van der Waals surface area contributed by atoms with Crippen molar-refractivity contribution < 1.29 is 9.21 Å². The van der Waals surface area contributed by atoms with Gasteiger partial charge in [-0.25, -0.2) is 4.98 Å². The molecule has 3 aromatic rings. The molecule has 0 fully saturated rings. The molecule has 0 radical (unpaired) electrons. The van der Waals surface area contributed by atoms with Gasteiger partial charge in [0.15, 0.2) is 10.9 Å². The highest BCUT2D eigenvalue weighted by atomic mass is 32.1. The lowest BCUT2D eigenvalue weighted by Crippen LogP contribution is -2.10. The number of carbonyl (C=O) groups is 1. The molecule has 0 saturated heterocycles. The third-order valence-corrected chi connectivity index (χ3v) is 4.79. The number of thiazole rings is 1. The maximum absolute atomic E-state index is 12.3. The van der Waals surface area contributed by atoms with Crippen LogP contribution in [0.1, 0.15) is 34.0 Å². The van der Waals surface area contributed by atoms with Crippen LogP contribution in [0, 0.1) is 0 Å². The van der Waals surface area contributed by atoms with E-state index in [0.29, 0.717) is 10.9 Å². The van der Waals surface area contributed by atoms with Crippen LogP contribution in [0.25, 0.3) is 11.0 Å². The van der Waals surface area contributed by atoms with Crippen LogP contribution in [-0.4, -0.2) is 10.9 Å². The second kappa shape index (κ2) is 5.00. The van der Waals surface area contributed by atoms with E-state index in [-0.39, 0.29) is 5.91 Å². The third-order valence-electron chi connectivity index (χ3n) is 3.72. The third kappa shape index (κ3) is 2.34. The molecular weight excluding hydrogens is 284 g/mol. The maximum Gasteiger partial charge on any atom is 0.293 e. The average Bonchev–Trinajstić information content (AvgIpc) is 3.10. The number of carbonyl (C=O) groups excluding carboxylic acids is 1. The number of hydrogen-bond donors (Lipinski definition) is 1. The summed E-state index contributed by atoms with van der Waals surface area (Å²) in [6, 6.07) is 9.36. The van der Waals surface area contributed by atoms with Crippen LogP contribution in [-0.2, 0) is 12.8 Å². The lowest BCUT2D eigenvalue weighted by Gasteiger charge is -2.06. The average molecular weight is 298 g/mol. The van der Waals surface area contributed by atoms with E-state index in [1.807, 2.05) is 24.3 Å². The molecule has 2 aromatic heterocycles. The second-order valence-electron chi connectivity index (χ2n) is 5.20. The molecule has 0 unspecified atom stereocenters. The fraction of sp³-hybridized carbons (Fsp3) is 0.250. The molecule has 1 amide bonds. The Hall–Kier alpha value is -2.14. The number of nitrogens with one attached hydrogen (secondary N) is 1. The van der Waals surface area contributed by atoms with Crippen LogP contribution in [0.5, 0.6) is 0 Å². The zero-order chi connectivity index (χ0) is 14.2. The Kier molecular flexibility index (Phi) is 3.00. The van der Waals surface area contributed by atoms with Gasteiger partial charge in [-0.05, 0) is 37.8 Å². The van der Waals surface area contributed by atoms with Crippen LogP contribution in [0.2, 0.25) is 0 Å². The topological polar surface area (TPSA) is 55.1 Å². The summed E-state index contributed by atoms with van der Waals surface area (Å²) < 4.78 is 5.57. The quantitative estimate of drug-likeness (QED) is 0.777. The number of benzene rings is 1. The molecule has 1 aliphatic carbocycles. The maximum atomic E-state index is 12.3. The first kappa shape index (κ1) is 12.6.